The fourth-order valence-corrected chi connectivity index (χ4v) is 4.32. The number of thiazole rings is 1. The van der Waals surface area contributed by atoms with Crippen molar-refractivity contribution in [3.63, 3.8) is 0 Å². The number of ether oxygens (including phenoxy) is 1. The minimum absolute atomic E-state index is 0.0427. The highest BCUT2D eigenvalue weighted by Crippen LogP contribution is 2.36. The number of anilines is 1. The Balaban J connectivity index is 1.33. The number of aryl methyl sites for hydroxylation is 1. The molecule has 0 atom stereocenters. The van der Waals surface area contributed by atoms with Gasteiger partial charge in [-0.3, -0.25) is 4.79 Å². The van der Waals surface area contributed by atoms with E-state index in [9.17, 15) is 18.0 Å². The van der Waals surface area contributed by atoms with Gasteiger partial charge >= 0.3 is 6.18 Å². The number of halogens is 4. The van der Waals surface area contributed by atoms with Crippen LogP contribution in [-0.2, 0) is 23.9 Å². The Labute approximate surface area is 202 Å². The Morgan fingerprint density at radius 2 is 1.79 bits per heavy atom. The molecule has 4 rings (SSSR count). The Morgan fingerprint density at radius 1 is 1.06 bits per heavy atom. The summed E-state index contributed by atoms with van der Waals surface area (Å²) in [5.74, 6) is 0.876. The van der Waals surface area contributed by atoms with Crippen LogP contribution in [0.25, 0.3) is 10.2 Å². The van der Waals surface area contributed by atoms with Crippen molar-refractivity contribution in [2.45, 2.75) is 25.6 Å². The number of rotatable bonds is 7. The van der Waals surface area contributed by atoms with Crippen molar-refractivity contribution in [1.29, 1.82) is 0 Å². The van der Waals surface area contributed by atoms with Crippen molar-refractivity contribution in [3.05, 3.63) is 81.8 Å². The van der Waals surface area contributed by atoms with Crippen LogP contribution < -0.4 is 15.8 Å². The smallest absolute Gasteiger partial charge is 0.417 e. The van der Waals surface area contributed by atoms with Crippen LogP contribution in [-0.4, -0.2) is 10.9 Å². The monoisotopic (exact) mass is 505 g/mol. The van der Waals surface area contributed by atoms with Crippen LogP contribution in [0, 0.1) is 0 Å². The normalized spacial score (nSPS) is 11.6. The second-order valence-corrected chi connectivity index (χ2v) is 8.95. The maximum Gasteiger partial charge on any atom is 0.417 e. The van der Waals surface area contributed by atoms with E-state index in [4.69, 9.17) is 22.1 Å². The van der Waals surface area contributed by atoms with Crippen molar-refractivity contribution in [2.75, 3.05) is 5.32 Å². The van der Waals surface area contributed by atoms with Crippen molar-refractivity contribution < 1.29 is 22.7 Å². The molecule has 176 valence electrons. The van der Waals surface area contributed by atoms with Crippen LogP contribution in [0.5, 0.6) is 11.5 Å². The van der Waals surface area contributed by atoms with Gasteiger partial charge in [-0.1, -0.05) is 23.7 Å². The first-order valence-corrected chi connectivity index (χ1v) is 11.4. The van der Waals surface area contributed by atoms with Gasteiger partial charge in [-0.25, -0.2) is 4.98 Å². The number of nitrogens with one attached hydrogen (secondary N) is 1. The number of nitrogens with two attached hydrogens (primary N) is 1. The Morgan fingerprint density at radius 3 is 2.50 bits per heavy atom. The number of hydrogen-bond acceptors (Lipinski definition) is 5. The van der Waals surface area contributed by atoms with E-state index in [2.05, 4.69) is 10.3 Å². The molecule has 34 heavy (non-hydrogen) atoms. The molecule has 10 heteroatoms. The summed E-state index contributed by atoms with van der Waals surface area (Å²) in [6.07, 6.45) is -4.08. The molecule has 0 spiro atoms. The molecule has 0 aliphatic rings. The van der Waals surface area contributed by atoms with Crippen molar-refractivity contribution in [3.8, 4) is 11.5 Å². The van der Waals surface area contributed by atoms with Crippen LogP contribution in [0.2, 0.25) is 5.02 Å². The van der Waals surface area contributed by atoms with E-state index in [0.717, 1.165) is 32.9 Å². The van der Waals surface area contributed by atoms with Crippen molar-refractivity contribution in [2.24, 2.45) is 5.73 Å². The van der Waals surface area contributed by atoms with Gasteiger partial charge < -0.3 is 15.8 Å². The number of carbonyl (C=O) groups excluding carboxylic acids is 1. The molecule has 5 nitrogen and oxygen atoms in total. The number of alkyl halides is 3. The first-order valence-electron chi connectivity index (χ1n) is 10.2. The molecule has 0 unspecified atom stereocenters. The topological polar surface area (TPSA) is 77.2 Å². The average Bonchev–Trinajstić information content (AvgIpc) is 3.22. The van der Waals surface area contributed by atoms with Gasteiger partial charge in [0.25, 0.3) is 0 Å². The first kappa shape index (κ1) is 24.0. The molecular weight excluding hydrogens is 487 g/mol. The molecule has 0 aliphatic heterocycles. The lowest BCUT2D eigenvalue weighted by molar-refractivity contribution is -0.137. The van der Waals surface area contributed by atoms with E-state index in [0.29, 0.717) is 24.5 Å². The Kier molecular flexibility index (Phi) is 7.06. The highest BCUT2D eigenvalue weighted by atomic mass is 35.5. The van der Waals surface area contributed by atoms with Crippen LogP contribution in [0.4, 0.5) is 18.9 Å². The third-order valence-corrected chi connectivity index (χ3v) is 6.32. The van der Waals surface area contributed by atoms with Gasteiger partial charge in [-0.05, 0) is 54.4 Å². The van der Waals surface area contributed by atoms with Crippen molar-refractivity contribution in [1.82, 2.24) is 4.98 Å². The molecule has 1 heterocycles. The number of carbonyl (C=O) groups is 1. The van der Waals surface area contributed by atoms with Crippen LogP contribution in [0.3, 0.4) is 0 Å². The van der Waals surface area contributed by atoms with Gasteiger partial charge in [-0.15, -0.1) is 11.3 Å². The fourth-order valence-electron chi connectivity index (χ4n) is 3.27. The number of benzene rings is 3. The van der Waals surface area contributed by atoms with Gasteiger partial charge in [0.05, 0.1) is 20.8 Å². The summed E-state index contributed by atoms with van der Waals surface area (Å²) in [6, 6.07) is 16.2. The van der Waals surface area contributed by atoms with E-state index < -0.39 is 22.7 Å². The summed E-state index contributed by atoms with van der Waals surface area (Å²) in [5.41, 5.74) is 6.41. The molecule has 4 aromatic rings. The zero-order chi connectivity index (χ0) is 24.3. The van der Waals surface area contributed by atoms with Gasteiger partial charge in [-0.2, -0.15) is 13.2 Å². The van der Waals surface area contributed by atoms with Gasteiger partial charge in [0.1, 0.15) is 16.5 Å². The maximum absolute atomic E-state index is 13.0. The van der Waals surface area contributed by atoms with E-state index in [1.807, 2.05) is 30.3 Å². The zero-order valence-corrected chi connectivity index (χ0v) is 19.2. The van der Waals surface area contributed by atoms with E-state index in [-0.39, 0.29) is 12.1 Å². The molecule has 1 aromatic heterocycles. The summed E-state index contributed by atoms with van der Waals surface area (Å²) < 4.78 is 45.9. The van der Waals surface area contributed by atoms with E-state index in [1.54, 1.807) is 23.5 Å². The third kappa shape index (κ3) is 5.85. The quantitative estimate of drug-likeness (QED) is 0.290. The molecule has 3 N–H and O–H groups in total. The molecule has 3 aromatic carbocycles. The molecule has 0 fully saturated rings. The van der Waals surface area contributed by atoms with Gasteiger partial charge in [0.2, 0.25) is 5.91 Å². The second kappa shape index (κ2) is 10.0. The lowest BCUT2D eigenvalue weighted by atomic mass is 10.1. The predicted molar refractivity (Wildman–Crippen MR) is 127 cm³/mol. The minimum Gasteiger partial charge on any atom is -0.457 e. The highest BCUT2D eigenvalue weighted by molar-refractivity contribution is 7.18. The zero-order valence-electron chi connectivity index (χ0n) is 17.7. The van der Waals surface area contributed by atoms with Gasteiger partial charge in [0, 0.05) is 24.7 Å². The van der Waals surface area contributed by atoms with Crippen LogP contribution in [0.1, 0.15) is 22.6 Å². The molecular formula is C24H19ClF3N3O2S. The van der Waals surface area contributed by atoms with E-state index >= 15 is 0 Å². The number of hydrogen-bond donors (Lipinski definition) is 2. The lowest BCUT2D eigenvalue weighted by Crippen LogP contribution is -2.13. The predicted octanol–water partition coefficient (Wildman–Crippen LogP) is 6.79. The summed E-state index contributed by atoms with van der Waals surface area (Å²) in [6.45, 7) is 0.392. The molecule has 0 aliphatic carbocycles. The number of amides is 1. The largest absolute Gasteiger partial charge is 0.457 e. The SMILES string of the molecule is NCc1nc2cc(Oc3ccc(CCC(=O)Nc4ccc(Cl)c(C(F)(F)F)c4)cc3)ccc2s1. The lowest BCUT2D eigenvalue weighted by Gasteiger charge is -2.12. The van der Waals surface area contributed by atoms with Crippen molar-refractivity contribution >= 4 is 44.7 Å². The molecule has 0 radical (unpaired) electrons. The standard InChI is InChI=1S/C24H19ClF3N3O2S/c25-19-8-4-15(11-18(19)24(26,27)28)30-22(32)10-3-14-1-5-16(6-2-14)33-17-7-9-21-20(12-17)31-23(13-29)34-21/h1-2,4-9,11-12H,3,10,13,29H2,(H,30,32). The number of nitrogens with zero attached hydrogens (tertiary/aromatic N) is 1. The van der Waals surface area contributed by atoms with Crippen LogP contribution >= 0.6 is 22.9 Å². The maximum atomic E-state index is 13.0. The fraction of sp³-hybridized carbons (Fsp3) is 0.167. The summed E-state index contributed by atoms with van der Waals surface area (Å²) in [7, 11) is 0. The molecule has 0 saturated heterocycles. The van der Waals surface area contributed by atoms with E-state index in [1.165, 1.54) is 6.07 Å². The summed E-state index contributed by atoms with van der Waals surface area (Å²) in [5, 5.41) is 2.92. The molecule has 0 saturated carbocycles. The van der Waals surface area contributed by atoms with Gasteiger partial charge in [0.15, 0.2) is 0 Å². The Bertz CT molecular complexity index is 1320. The second-order valence-electron chi connectivity index (χ2n) is 7.43. The summed E-state index contributed by atoms with van der Waals surface area (Å²) in [4.78, 5) is 16.7. The first-order chi connectivity index (χ1) is 16.2. The third-order valence-electron chi connectivity index (χ3n) is 4.93. The molecule has 0 bridgehead atoms. The summed E-state index contributed by atoms with van der Waals surface area (Å²) >= 11 is 7.15. The average molecular weight is 506 g/mol. The van der Waals surface area contributed by atoms with Crippen LogP contribution in [0.15, 0.2) is 60.7 Å². The number of aromatic nitrogens is 1. The number of fused-ring (bicyclic) bond motifs is 1. The molecule has 1 amide bonds. The Hall–Kier alpha value is -3.14. The minimum atomic E-state index is -4.60. The highest BCUT2D eigenvalue weighted by Gasteiger charge is 2.33.